The quantitative estimate of drug-likeness (QED) is 0.256. The molecule has 1 aliphatic carbocycles. The van der Waals surface area contributed by atoms with Gasteiger partial charge in [-0.1, -0.05) is 57.8 Å². The molecule has 5 rings (SSSR count). The zero-order valence-corrected chi connectivity index (χ0v) is 28.7. The van der Waals surface area contributed by atoms with E-state index in [4.69, 9.17) is 25.9 Å². The van der Waals surface area contributed by atoms with Crippen molar-refractivity contribution < 1.29 is 38.3 Å². The number of Topliss-reactive ketones (excluding diaryl/α,β-unsaturated/α-hetero) is 1. The SMILES string of the molecule is CCC[C@H](NC(=O)[C@@H]1C[C@]2(C=C(c3cccc(Cl)c3)NO2)CN1C(=O)[C@@H](NC(=O)OC1CCOCC1)C(C)(C)C)C(=O)C(=O)NC1CC1. The number of ketones is 1. The van der Waals surface area contributed by atoms with E-state index in [1.165, 1.54) is 4.90 Å². The molecular weight excluding hydrogens is 642 g/mol. The maximum atomic E-state index is 14.5. The second-order valence-corrected chi connectivity index (χ2v) is 14.6. The second-order valence-electron chi connectivity index (χ2n) is 14.1. The van der Waals surface area contributed by atoms with E-state index < -0.39 is 58.7 Å². The lowest BCUT2D eigenvalue weighted by atomic mass is 9.85. The van der Waals surface area contributed by atoms with Gasteiger partial charge in [0.1, 0.15) is 23.8 Å². The van der Waals surface area contributed by atoms with Gasteiger partial charge in [-0.05, 0) is 42.9 Å². The molecule has 0 radical (unpaired) electrons. The number of likely N-dealkylation sites (tertiary alicyclic amines) is 1. The average Bonchev–Trinajstić information content (AvgIpc) is 3.63. The molecule has 0 unspecified atom stereocenters. The highest BCUT2D eigenvalue weighted by atomic mass is 35.5. The van der Waals surface area contributed by atoms with Crippen LogP contribution in [-0.4, -0.2) is 90.1 Å². The first-order valence-corrected chi connectivity index (χ1v) is 17.1. The number of ether oxygens (including phenoxy) is 2. The number of nitrogens with zero attached hydrogens (tertiary/aromatic N) is 1. The summed E-state index contributed by atoms with van der Waals surface area (Å²) < 4.78 is 11.0. The Labute approximate surface area is 285 Å². The monoisotopic (exact) mass is 687 g/mol. The summed E-state index contributed by atoms with van der Waals surface area (Å²) in [5, 5.41) is 8.75. The van der Waals surface area contributed by atoms with Gasteiger partial charge in [0.15, 0.2) is 0 Å². The molecule has 3 heterocycles. The summed E-state index contributed by atoms with van der Waals surface area (Å²) in [6, 6.07) is 3.92. The zero-order valence-electron chi connectivity index (χ0n) is 27.9. The molecule has 262 valence electrons. The van der Waals surface area contributed by atoms with E-state index in [0.717, 1.165) is 18.4 Å². The van der Waals surface area contributed by atoms with Crippen LogP contribution >= 0.6 is 11.6 Å². The maximum absolute atomic E-state index is 14.5. The van der Waals surface area contributed by atoms with E-state index >= 15 is 0 Å². The summed E-state index contributed by atoms with van der Waals surface area (Å²) in [4.78, 5) is 74.9. The van der Waals surface area contributed by atoms with Crippen molar-refractivity contribution in [1.82, 2.24) is 26.3 Å². The average molecular weight is 688 g/mol. The van der Waals surface area contributed by atoms with Gasteiger partial charge < -0.3 is 30.3 Å². The number of hydrogen-bond acceptors (Lipinski definition) is 9. The number of halogens is 1. The lowest BCUT2D eigenvalue weighted by molar-refractivity contribution is -0.144. The molecule has 4 atom stereocenters. The number of carbonyl (C=O) groups excluding carboxylic acids is 5. The topological polar surface area (TPSA) is 164 Å². The van der Waals surface area contributed by atoms with Crippen LogP contribution in [0.2, 0.25) is 5.02 Å². The Balaban J connectivity index is 1.40. The van der Waals surface area contributed by atoms with Gasteiger partial charge in [-0.3, -0.25) is 29.5 Å². The van der Waals surface area contributed by atoms with Crippen LogP contribution < -0.4 is 21.4 Å². The summed E-state index contributed by atoms with van der Waals surface area (Å²) in [6.07, 6.45) is 4.33. The Bertz CT molecular complexity index is 1440. The van der Waals surface area contributed by atoms with E-state index in [0.29, 0.717) is 43.2 Å². The van der Waals surface area contributed by atoms with Gasteiger partial charge in [0.05, 0.1) is 31.5 Å². The molecule has 4 N–H and O–H groups in total. The highest BCUT2D eigenvalue weighted by molar-refractivity contribution is 6.38. The van der Waals surface area contributed by atoms with Crippen LogP contribution in [0.25, 0.3) is 5.70 Å². The summed E-state index contributed by atoms with van der Waals surface area (Å²) in [5.41, 5.74) is 2.41. The third kappa shape index (κ3) is 8.66. The van der Waals surface area contributed by atoms with Crippen molar-refractivity contribution in [3.63, 3.8) is 0 Å². The van der Waals surface area contributed by atoms with E-state index in [2.05, 4.69) is 21.4 Å². The van der Waals surface area contributed by atoms with E-state index in [9.17, 15) is 24.0 Å². The molecule has 0 aromatic heterocycles. The Hall–Kier alpha value is -3.68. The minimum atomic E-state index is -1.12. The summed E-state index contributed by atoms with van der Waals surface area (Å²) in [7, 11) is 0. The molecule has 0 bridgehead atoms. The summed E-state index contributed by atoms with van der Waals surface area (Å²) in [6.45, 7) is 8.21. The van der Waals surface area contributed by atoms with Crippen molar-refractivity contribution in [2.45, 2.75) is 109 Å². The standard InChI is InChI=1S/C34H46ClN5O8/c1-5-7-24(27(41)30(43)36-22-10-11-22)37-29(42)26-18-34(17-25(39-48-34)20-8-6-9-21(35)16-20)19-40(26)31(44)28(33(2,3)4)38-32(45)47-23-12-14-46-15-13-23/h6,8-9,16-17,22-24,26,28,39H,5,7,10-15,18-19H2,1-4H3,(H,36,43)(H,37,42)(H,38,45)/t24-,26-,28+,34+/m0/s1. The van der Waals surface area contributed by atoms with Crippen LogP contribution in [0.5, 0.6) is 0 Å². The van der Waals surface area contributed by atoms with Gasteiger partial charge in [-0.2, -0.15) is 0 Å². The molecule has 1 saturated carbocycles. The zero-order chi connectivity index (χ0) is 34.6. The third-order valence-corrected chi connectivity index (χ3v) is 9.25. The summed E-state index contributed by atoms with van der Waals surface area (Å²) in [5.74, 6) is -2.57. The minimum absolute atomic E-state index is 0.0188. The van der Waals surface area contributed by atoms with Crippen molar-refractivity contribution in [1.29, 1.82) is 0 Å². The van der Waals surface area contributed by atoms with Gasteiger partial charge in [0.2, 0.25) is 17.6 Å². The third-order valence-electron chi connectivity index (χ3n) is 9.01. The molecule has 2 saturated heterocycles. The molecule has 1 aromatic carbocycles. The lowest BCUT2D eigenvalue weighted by Crippen LogP contribution is -2.59. The van der Waals surface area contributed by atoms with Crippen LogP contribution in [0, 0.1) is 5.41 Å². The minimum Gasteiger partial charge on any atom is -0.446 e. The number of hydroxylamine groups is 1. The van der Waals surface area contributed by atoms with E-state index in [1.54, 1.807) is 18.2 Å². The second kappa shape index (κ2) is 14.8. The maximum Gasteiger partial charge on any atom is 0.408 e. The first kappa shape index (κ1) is 35.6. The molecule has 14 heteroatoms. The van der Waals surface area contributed by atoms with Crippen LogP contribution in [0.3, 0.4) is 0 Å². The highest BCUT2D eigenvalue weighted by Crippen LogP contribution is 2.39. The fraction of sp³-hybridized carbons (Fsp3) is 0.618. The Morgan fingerprint density at radius 2 is 1.83 bits per heavy atom. The number of benzene rings is 1. The Morgan fingerprint density at radius 3 is 2.48 bits per heavy atom. The van der Waals surface area contributed by atoms with Crippen LogP contribution in [-0.2, 0) is 33.5 Å². The first-order chi connectivity index (χ1) is 22.8. The Morgan fingerprint density at radius 1 is 1.10 bits per heavy atom. The molecule has 1 spiro atoms. The van der Waals surface area contributed by atoms with Gasteiger partial charge in [0.25, 0.3) is 5.91 Å². The van der Waals surface area contributed by atoms with Crippen molar-refractivity contribution in [2.75, 3.05) is 19.8 Å². The predicted molar refractivity (Wildman–Crippen MR) is 176 cm³/mol. The highest BCUT2D eigenvalue weighted by Gasteiger charge is 2.54. The van der Waals surface area contributed by atoms with Gasteiger partial charge in [-0.15, -0.1) is 0 Å². The van der Waals surface area contributed by atoms with Crippen LogP contribution in [0.1, 0.15) is 78.2 Å². The molecule has 3 fully saturated rings. The molecule has 3 aliphatic heterocycles. The van der Waals surface area contributed by atoms with Crippen molar-refractivity contribution in [3.8, 4) is 0 Å². The fourth-order valence-electron chi connectivity index (χ4n) is 6.20. The largest absolute Gasteiger partial charge is 0.446 e. The Kier molecular flexibility index (Phi) is 11.0. The predicted octanol–water partition coefficient (Wildman–Crippen LogP) is 3.01. The number of amides is 4. The number of nitrogens with one attached hydrogen (secondary N) is 4. The van der Waals surface area contributed by atoms with Crippen molar-refractivity contribution in [3.05, 3.63) is 40.9 Å². The van der Waals surface area contributed by atoms with Gasteiger partial charge >= 0.3 is 6.09 Å². The lowest BCUT2D eigenvalue weighted by Gasteiger charge is -2.35. The fourth-order valence-corrected chi connectivity index (χ4v) is 6.39. The summed E-state index contributed by atoms with van der Waals surface area (Å²) >= 11 is 6.23. The molecule has 4 amide bonds. The smallest absolute Gasteiger partial charge is 0.408 e. The molecule has 1 aromatic rings. The molecule has 48 heavy (non-hydrogen) atoms. The van der Waals surface area contributed by atoms with Crippen molar-refractivity contribution >= 4 is 46.9 Å². The van der Waals surface area contributed by atoms with Gasteiger partial charge in [-0.25, -0.2) is 4.79 Å². The van der Waals surface area contributed by atoms with Crippen LogP contribution in [0.15, 0.2) is 30.3 Å². The number of carbonyl (C=O) groups is 5. The number of alkyl carbamates (subject to hydrolysis) is 1. The van der Waals surface area contributed by atoms with E-state index in [-0.39, 0.29) is 31.5 Å². The van der Waals surface area contributed by atoms with E-state index in [1.807, 2.05) is 39.8 Å². The van der Waals surface area contributed by atoms with Crippen LogP contribution in [0.4, 0.5) is 4.79 Å². The normalized spacial score (nSPS) is 23.9. The molecule has 4 aliphatic rings. The number of rotatable bonds is 11. The van der Waals surface area contributed by atoms with Gasteiger partial charge in [0, 0.05) is 35.9 Å². The number of hydrogen-bond donors (Lipinski definition) is 4. The van der Waals surface area contributed by atoms with Crippen molar-refractivity contribution in [2.24, 2.45) is 5.41 Å². The molecule has 13 nitrogen and oxygen atoms in total. The molecular formula is C34H46ClN5O8. The first-order valence-electron chi connectivity index (χ1n) is 16.7.